The molecule has 17 heavy (non-hydrogen) atoms. The Balaban J connectivity index is 2.31. The van der Waals surface area contributed by atoms with Gasteiger partial charge in [-0.2, -0.15) is 5.26 Å². The first kappa shape index (κ1) is 13.6. The number of nitrogens with one attached hydrogen (secondary N) is 1. The first-order valence-electron chi connectivity index (χ1n) is 5.59. The number of carbonyl (C=O) groups is 1. The highest BCUT2D eigenvalue weighted by atomic mass is 32.2. The van der Waals surface area contributed by atoms with Crippen LogP contribution in [0.3, 0.4) is 0 Å². The predicted octanol–water partition coefficient (Wildman–Crippen LogP) is 2.32. The summed E-state index contributed by atoms with van der Waals surface area (Å²) in [4.78, 5) is 11.3. The molecule has 1 amide bonds. The van der Waals surface area contributed by atoms with Crippen molar-refractivity contribution in [1.82, 2.24) is 5.32 Å². The zero-order valence-corrected chi connectivity index (χ0v) is 10.7. The molecule has 0 radical (unpaired) electrons. The molecule has 1 aromatic carbocycles. The van der Waals surface area contributed by atoms with Gasteiger partial charge in [-0.05, 0) is 24.1 Å². The SMILES string of the molecule is CCCNC(=O)CSCc1cccc(C#N)c1. The van der Waals surface area contributed by atoms with Crippen molar-refractivity contribution in [1.29, 1.82) is 5.26 Å². The molecule has 0 aliphatic rings. The first-order valence-corrected chi connectivity index (χ1v) is 6.75. The average Bonchev–Trinajstić information content (AvgIpc) is 2.36. The summed E-state index contributed by atoms with van der Waals surface area (Å²) in [7, 11) is 0. The number of rotatable bonds is 6. The zero-order chi connectivity index (χ0) is 12.5. The Morgan fingerprint density at radius 2 is 2.35 bits per heavy atom. The molecule has 0 fully saturated rings. The lowest BCUT2D eigenvalue weighted by molar-refractivity contribution is -0.118. The van der Waals surface area contributed by atoms with Gasteiger partial charge in [0.2, 0.25) is 5.91 Å². The van der Waals surface area contributed by atoms with E-state index in [2.05, 4.69) is 11.4 Å². The van der Waals surface area contributed by atoms with Gasteiger partial charge in [-0.25, -0.2) is 0 Å². The smallest absolute Gasteiger partial charge is 0.230 e. The van der Waals surface area contributed by atoms with Crippen LogP contribution >= 0.6 is 11.8 Å². The molecule has 0 saturated carbocycles. The number of nitrogens with zero attached hydrogens (tertiary/aromatic N) is 1. The molecule has 0 bridgehead atoms. The van der Waals surface area contributed by atoms with E-state index in [-0.39, 0.29) is 5.91 Å². The van der Waals surface area contributed by atoms with E-state index in [9.17, 15) is 4.79 Å². The van der Waals surface area contributed by atoms with Gasteiger partial charge in [0.25, 0.3) is 0 Å². The predicted molar refractivity (Wildman–Crippen MR) is 70.6 cm³/mol. The van der Waals surface area contributed by atoms with Crippen molar-refractivity contribution in [3.63, 3.8) is 0 Å². The normalized spacial score (nSPS) is 9.65. The maximum absolute atomic E-state index is 11.3. The molecule has 0 aliphatic carbocycles. The van der Waals surface area contributed by atoms with Gasteiger partial charge < -0.3 is 5.32 Å². The highest BCUT2D eigenvalue weighted by Gasteiger charge is 2.01. The lowest BCUT2D eigenvalue weighted by Gasteiger charge is -2.03. The second-order valence-corrected chi connectivity index (χ2v) is 4.64. The molecule has 1 rings (SSSR count). The van der Waals surface area contributed by atoms with Crippen LogP contribution < -0.4 is 5.32 Å². The van der Waals surface area contributed by atoms with E-state index in [1.807, 2.05) is 25.1 Å². The molecule has 0 saturated heterocycles. The fraction of sp³-hybridized carbons (Fsp3) is 0.385. The Hall–Kier alpha value is -1.47. The first-order chi connectivity index (χ1) is 8.26. The molecule has 0 atom stereocenters. The molecule has 90 valence electrons. The fourth-order valence-electron chi connectivity index (χ4n) is 1.31. The molecule has 1 N–H and O–H groups in total. The van der Waals surface area contributed by atoms with Crippen molar-refractivity contribution in [2.24, 2.45) is 0 Å². The third-order valence-electron chi connectivity index (χ3n) is 2.13. The number of thioether (sulfide) groups is 1. The Morgan fingerprint density at radius 3 is 3.06 bits per heavy atom. The van der Waals surface area contributed by atoms with Gasteiger partial charge in [0, 0.05) is 12.3 Å². The molecule has 0 unspecified atom stereocenters. The molecule has 0 aliphatic heterocycles. The number of hydrogen-bond donors (Lipinski definition) is 1. The third kappa shape index (κ3) is 5.41. The Bertz CT molecular complexity index is 412. The monoisotopic (exact) mass is 248 g/mol. The molecule has 0 aromatic heterocycles. The lowest BCUT2D eigenvalue weighted by Crippen LogP contribution is -2.25. The van der Waals surface area contributed by atoms with Gasteiger partial charge in [-0.3, -0.25) is 4.79 Å². The molecule has 4 heteroatoms. The summed E-state index contributed by atoms with van der Waals surface area (Å²) in [5, 5.41) is 11.6. The minimum Gasteiger partial charge on any atom is -0.355 e. The summed E-state index contributed by atoms with van der Waals surface area (Å²) in [6, 6.07) is 9.58. The van der Waals surface area contributed by atoms with Crippen molar-refractivity contribution >= 4 is 17.7 Å². The average molecular weight is 248 g/mol. The van der Waals surface area contributed by atoms with Gasteiger partial charge in [0.05, 0.1) is 17.4 Å². The van der Waals surface area contributed by atoms with Crippen molar-refractivity contribution < 1.29 is 4.79 Å². The van der Waals surface area contributed by atoms with E-state index in [1.165, 1.54) is 0 Å². The molecule has 1 aromatic rings. The van der Waals surface area contributed by atoms with Crippen LogP contribution in [0.5, 0.6) is 0 Å². The van der Waals surface area contributed by atoms with Crippen molar-refractivity contribution in [3.05, 3.63) is 35.4 Å². The summed E-state index contributed by atoms with van der Waals surface area (Å²) in [6.07, 6.45) is 0.959. The largest absolute Gasteiger partial charge is 0.355 e. The number of benzene rings is 1. The van der Waals surface area contributed by atoms with E-state index in [0.29, 0.717) is 11.3 Å². The summed E-state index contributed by atoms with van der Waals surface area (Å²) in [5.74, 6) is 1.31. The fourth-order valence-corrected chi connectivity index (χ4v) is 2.11. The second kappa shape index (κ2) is 7.75. The number of amides is 1. The topological polar surface area (TPSA) is 52.9 Å². The van der Waals surface area contributed by atoms with Gasteiger partial charge >= 0.3 is 0 Å². The van der Waals surface area contributed by atoms with Crippen LogP contribution in [0.4, 0.5) is 0 Å². The van der Waals surface area contributed by atoms with Crippen LogP contribution in [0.25, 0.3) is 0 Å². The van der Waals surface area contributed by atoms with Crippen molar-refractivity contribution in [2.75, 3.05) is 12.3 Å². The number of carbonyl (C=O) groups excluding carboxylic acids is 1. The van der Waals surface area contributed by atoms with E-state index >= 15 is 0 Å². The van der Waals surface area contributed by atoms with Gasteiger partial charge in [-0.1, -0.05) is 19.1 Å². The zero-order valence-electron chi connectivity index (χ0n) is 9.90. The van der Waals surface area contributed by atoms with E-state index < -0.39 is 0 Å². The van der Waals surface area contributed by atoms with E-state index in [4.69, 9.17) is 5.26 Å². The quantitative estimate of drug-likeness (QED) is 0.840. The second-order valence-electron chi connectivity index (χ2n) is 3.65. The highest BCUT2D eigenvalue weighted by Crippen LogP contribution is 2.13. The summed E-state index contributed by atoms with van der Waals surface area (Å²) >= 11 is 1.56. The van der Waals surface area contributed by atoms with Gasteiger partial charge in [0.1, 0.15) is 0 Å². The van der Waals surface area contributed by atoms with Gasteiger partial charge in [-0.15, -0.1) is 11.8 Å². The molecule has 3 nitrogen and oxygen atoms in total. The highest BCUT2D eigenvalue weighted by molar-refractivity contribution is 7.99. The van der Waals surface area contributed by atoms with E-state index in [1.54, 1.807) is 17.8 Å². The van der Waals surface area contributed by atoms with Crippen LogP contribution in [0.2, 0.25) is 0 Å². The van der Waals surface area contributed by atoms with Crippen LogP contribution in [-0.4, -0.2) is 18.2 Å². The minimum absolute atomic E-state index is 0.0771. The maximum Gasteiger partial charge on any atom is 0.230 e. The van der Waals surface area contributed by atoms with Gasteiger partial charge in [0.15, 0.2) is 0 Å². The summed E-state index contributed by atoms with van der Waals surface area (Å²) in [6.45, 7) is 2.77. The van der Waals surface area contributed by atoms with Crippen LogP contribution in [-0.2, 0) is 10.5 Å². The molecular formula is C13H16N2OS. The molecule has 0 heterocycles. The van der Waals surface area contributed by atoms with Crippen molar-refractivity contribution in [3.8, 4) is 6.07 Å². The van der Waals surface area contributed by atoms with Crippen LogP contribution in [0, 0.1) is 11.3 Å². The number of nitriles is 1. The summed E-state index contributed by atoms with van der Waals surface area (Å²) in [5.41, 5.74) is 1.75. The lowest BCUT2D eigenvalue weighted by atomic mass is 10.2. The van der Waals surface area contributed by atoms with Crippen LogP contribution in [0.15, 0.2) is 24.3 Å². The third-order valence-corrected chi connectivity index (χ3v) is 3.13. The van der Waals surface area contributed by atoms with E-state index in [0.717, 1.165) is 24.3 Å². The summed E-state index contributed by atoms with van der Waals surface area (Å²) < 4.78 is 0. The van der Waals surface area contributed by atoms with Crippen molar-refractivity contribution in [2.45, 2.75) is 19.1 Å². The Kier molecular flexibility index (Phi) is 6.19. The molecule has 0 spiro atoms. The Morgan fingerprint density at radius 1 is 1.53 bits per heavy atom. The van der Waals surface area contributed by atoms with Crippen LogP contribution in [0.1, 0.15) is 24.5 Å². The molecular weight excluding hydrogens is 232 g/mol. The Labute approximate surface area is 106 Å². The standard InChI is InChI=1S/C13H16N2OS/c1-2-6-15-13(16)10-17-9-12-5-3-4-11(7-12)8-14/h3-5,7H,2,6,9-10H2,1H3,(H,15,16). The minimum atomic E-state index is 0.0771. The maximum atomic E-state index is 11.3. The number of hydrogen-bond acceptors (Lipinski definition) is 3.